The van der Waals surface area contributed by atoms with Gasteiger partial charge in [-0.25, -0.2) is 4.79 Å². The Morgan fingerprint density at radius 1 is 1.16 bits per heavy atom. The number of carbonyl (C=O) groups is 2. The first kappa shape index (κ1) is 26.2. The number of urea groups is 1. The lowest BCUT2D eigenvalue weighted by Crippen LogP contribution is -2.54. The molecule has 1 atom stereocenters. The SMILES string of the molecule is CC(C)[C@H](CNC(=O)N1CCN(CC(=O)Nc2ccc(Cl)c(C(F)(F)F)c2)CC1)N(C)C. The smallest absolute Gasteiger partial charge is 0.336 e. The molecule has 1 heterocycles. The van der Waals surface area contributed by atoms with Crippen molar-refractivity contribution in [3.05, 3.63) is 28.8 Å². The molecule has 0 unspecified atom stereocenters. The van der Waals surface area contributed by atoms with Gasteiger partial charge in [0.2, 0.25) is 5.91 Å². The van der Waals surface area contributed by atoms with Crippen LogP contribution in [0.5, 0.6) is 0 Å². The Morgan fingerprint density at radius 2 is 1.78 bits per heavy atom. The van der Waals surface area contributed by atoms with E-state index in [4.69, 9.17) is 11.6 Å². The normalized spacial score (nSPS) is 16.4. The molecule has 1 saturated heterocycles. The lowest BCUT2D eigenvalue weighted by molar-refractivity contribution is -0.137. The second-order valence-electron chi connectivity index (χ2n) is 8.46. The van der Waals surface area contributed by atoms with E-state index in [2.05, 4.69) is 29.4 Å². The highest BCUT2D eigenvalue weighted by Crippen LogP contribution is 2.36. The average Bonchev–Trinajstić information content (AvgIpc) is 2.68. The maximum atomic E-state index is 13.0. The molecule has 0 saturated carbocycles. The number of nitrogens with zero attached hydrogens (tertiary/aromatic N) is 3. The minimum atomic E-state index is -4.60. The molecular weight excluding hydrogens is 447 g/mol. The summed E-state index contributed by atoms with van der Waals surface area (Å²) in [5.41, 5.74) is -0.962. The highest BCUT2D eigenvalue weighted by Gasteiger charge is 2.33. The first-order chi connectivity index (χ1) is 14.9. The monoisotopic (exact) mass is 477 g/mol. The lowest BCUT2D eigenvalue weighted by atomic mass is 10.0. The summed E-state index contributed by atoms with van der Waals surface area (Å²) < 4.78 is 38.9. The zero-order valence-electron chi connectivity index (χ0n) is 18.8. The predicted octanol–water partition coefficient (Wildman–Crippen LogP) is 3.21. The molecule has 1 aromatic carbocycles. The van der Waals surface area contributed by atoms with Crippen LogP contribution in [0.25, 0.3) is 0 Å². The summed E-state index contributed by atoms with van der Waals surface area (Å²) in [6, 6.07) is 3.35. The Bertz CT molecular complexity index is 788. The molecule has 2 N–H and O–H groups in total. The standard InChI is InChI=1S/C21H31ClF3N5O2/c1-14(2)18(28(3)4)12-26-20(32)30-9-7-29(8-10-30)13-19(31)27-15-5-6-17(22)16(11-15)21(23,24)25/h5-6,11,14,18H,7-10,12-13H2,1-4H3,(H,26,32)(H,27,31)/t18-/m0/s1. The molecule has 0 radical (unpaired) electrons. The molecular formula is C21H31ClF3N5O2. The summed E-state index contributed by atoms with van der Waals surface area (Å²) in [5.74, 6) is -0.0300. The van der Waals surface area contributed by atoms with Crippen LogP contribution in [0, 0.1) is 5.92 Å². The third kappa shape index (κ3) is 7.53. The second-order valence-corrected chi connectivity index (χ2v) is 8.87. The largest absolute Gasteiger partial charge is 0.417 e. The van der Waals surface area contributed by atoms with Crippen LogP contribution in [-0.4, -0.2) is 86.0 Å². The lowest BCUT2D eigenvalue weighted by Gasteiger charge is -2.35. The van der Waals surface area contributed by atoms with Gasteiger partial charge in [-0.15, -0.1) is 0 Å². The van der Waals surface area contributed by atoms with Gasteiger partial charge in [0.1, 0.15) is 0 Å². The predicted molar refractivity (Wildman–Crippen MR) is 119 cm³/mol. The summed E-state index contributed by atoms with van der Waals surface area (Å²) in [6.45, 7) is 6.71. The maximum Gasteiger partial charge on any atom is 0.417 e. The Kier molecular flexibility index (Phi) is 9.18. The van der Waals surface area contributed by atoms with E-state index < -0.39 is 22.7 Å². The molecule has 0 bridgehead atoms. The van der Waals surface area contributed by atoms with Crippen molar-refractivity contribution < 1.29 is 22.8 Å². The molecule has 1 aromatic rings. The fourth-order valence-electron chi connectivity index (χ4n) is 3.65. The van der Waals surface area contributed by atoms with Crippen LogP contribution >= 0.6 is 11.6 Å². The van der Waals surface area contributed by atoms with Crippen LogP contribution in [0.3, 0.4) is 0 Å². The molecule has 1 fully saturated rings. The van der Waals surface area contributed by atoms with E-state index in [0.29, 0.717) is 38.6 Å². The fourth-order valence-corrected chi connectivity index (χ4v) is 3.88. The number of carbonyl (C=O) groups excluding carboxylic acids is 2. The van der Waals surface area contributed by atoms with Gasteiger partial charge in [0.25, 0.3) is 0 Å². The molecule has 7 nitrogen and oxygen atoms in total. The zero-order valence-corrected chi connectivity index (χ0v) is 19.6. The van der Waals surface area contributed by atoms with E-state index in [1.54, 1.807) is 4.90 Å². The third-order valence-corrected chi connectivity index (χ3v) is 5.81. The minimum absolute atomic E-state index is 0.0233. The molecule has 1 aliphatic heterocycles. The molecule has 2 rings (SSSR count). The Morgan fingerprint density at radius 3 is 2.31 bits per heavy atom. The van der Waals surface area contributed by atoms with Crippen LogP contribution in [-0.2, 0) is 11.0 Å². The topological polar surface area (TPSA) is 67.9 Å². The van der Waals surface area contributed by atoms with Crippen molar-refractivity contribution >= 4 is 29.2 Å². The van der Waals surface area contributed by atoms with Crippen molar-refractivity contribution in [1.82, 2.24) is 20.0 Å². The number of hydrogen-bond donors (Lipinski definition) is 2. The molecule has 0 aliphatic carbocycles. The maximum absolute atomic E-state index is 13.0. The summed E-state index contributed by atoms with van der Waals surface area (Å²) in [5, 5.41) is 5.03. The van der Waals surface area contributed by atoms with Crippen molar-refractivity contribution in [2.45, 2.75) is 26.1 Å². The van der Waals surface area contributed by atoms with Gasteiger partial charge in [-0.1, -0.05) is 25.4 Å². The van der Waals surface area contributed by atoms with Crippen LogP contribution in [0.2, 0.25) is 5.02 Å². The Hall–Kier alpha value is -2.04. The van der Waals surface area contributed by atoms with E-state index >= 15 is 0 Å². The van der Waals surface area contributed by atoms with Gasteiger partial charge in [0.15, 0.2) is 0 Å². The number of hydrogen-bond acceptors (Lipinski definition) is 4. The zero-order chi connectivity index (χ0) is 24.1. The molecule has 3 amide bonds. The van der Waals surface area contributed by atoms with Gasteiger partial charge in [0, 0.05) is 44.5 Å². The van der Waals surface area contributed by atoms with Gasteiger partial charge in [-0.05, 0) is 38.2 Å². The van der Waals surface area contributed by atoms with Crippen molar-refractivity contribution in [3.8, 4) is 0 Å². The summed E-state index contributed by atoms with van der Waals surface area (Å²) in [6.07, 6.45) is -4.60. The van der Waals surface area contributed by atoms with E-state index in [-0.39, 0.29) is 24.3 Å². The number of rotatable bonds is 7. The molecule has 0 spiro atoms. The number of benzene rings is 1. The number of piperazine rings is 1. The van der Waals surface area contributed by atoms with Crippen LogP contribution in [0.4, 0.5) is 23.7 Å². The number of nitrogens with one attached hydrogen (secondary N) is 2. The quantitative estimate of drug-likeness (QED) is 0.633. The Balaban J connectivity index is 1.81. The molecule has 1 aliphatic rings. The summed E-state index contributed by atoms with van der Waals surface area (Å²) in [7, 11) is 3.96. The number of alkyl halides is 3. The molecule has 11 heteroatoms. The van der Waals surface area contributed by atoms with Gasteiger partial charge in [-0.3, -0.25) is 9.69 Å². The second kappa shape index (κ2) is 11.2. The van der Waals surface area contributed by atoms with Gasteiger partial charge in [-0.2, -0.15) is 13.2 Å². The van der Waals surface area contributed by atoms with Crippen molar-refractivity contribution in [2.24, 2.45) is 5.92 Å². The highest BCUT2D eigenvalue weighted by molar-refractivity contribution is 6.31. The van der Waals surface area contributed by atoms with Crippen molar-refractivity contribution in [1.29, 1.82) is 0 Å². The Labute approximate surface area is 191 Å². The number of likely N-dealkylation sites (N-methyl/N-ethyl adjacent to an activating group) is 1. The summed E-state index contributed by atoms with van der Waals surface area (Å²) >= 11 is 5.60. The molecule has 32 heavy (non-hydrogen) atoms. The van der Waals surface area contributed by atoms with E-state index in [1.807, 2.05) is 19.0 Å². The van der Waals surface area contributed by atoms with E-state index in [1.165, 1.54) is 6.07 Å². The van der Waals surface area contributed by atoms with Gasteiger partial charge in [0.05, 0.1) is 17.1 Å². The van der Waals surface area contributed by atoms with Crippen molar-refractivity contribution in [3.63, 3.8) is 0 Å². The van der Waals surface area contributed by atoms with Gasteiger partial charge >= 0.3 is 12.2 Å². The highest BCUT2D eigenvalue weighted by atomic mass is 35.5. The number of amides is 3. The van der Waals surface area contributed by atoms with Crippen molar-refractivity contribution in [2.75, 3.05) is 58.7 Å². The van der Waals surface area contributed by atoms with Crippen LogP contribution in [0.15, 0.2) is 18.2 Å². The third-order valence-electron chi connectivity index (χ3n) is 5.48. The minimum Gasteiger partial charge on any atom is -0.336 e. The van der Waals surface area contributed by atoms with Gasteiger partial charge < -0.3 is 20.4 Å². The summed E-state index contributed by atoms with van der Waals surface area (Å²) in [4.78, 5) is 30.4. The number of halogens is 4. The van der Waals surface area contributed by atoms with Crippen LogP contribution in [0.1, 0.15) is 19.4 Å². The van der Waals surface area contributed by atoms with Crippen LogP contribution < -0.4 is 10.6 Å². The first-order valence-electron chi connectivity index (χ1n) is 10.5. The molecule has 180 valence electrons. The molecule has 0 aromatic heterocycles. The number of anilines is 1. The average molecular weight is 478 g/mol. The van der Waals surface area contributed by atoms with E-state index in [9.17, 15) is 22.8 Å². The van der Waals surface area contributed by atoms with E-state index in [0.717, 1.165) is 12.1 Å². The fraction of sp³-hybridized carbons (Fsp3) is 0.619. The first-order valence-corrected chi connectivity index (χ1v) is 10.8.